The molecule has 108 valence electrons. The Labute approximate surface area is 131 Å². The van der Waals surface area contributed by atoms with E-state index in [-0.39, 0.29) is 18.4 Å². The molecular weight excluding hydrogens is 340 g/mol. The Morgan fingerprint density at radius 1 is 1.40 bits per heavy atom. The van der Waals surface area contributed by atoms with Gasteiger partial charge in [-0.25, -0.2) is 0 Å². The molecule has 0 saturated carbocycles. The lowest BCUT2D eigenvalue weighted by Gasteiger charge is -2.26. The molecule has 1 fully saturated rings. The highest BCUT2D eigenvalue weighted by Crippen LogP contribution is 2.28. The molecule has 0 aliphatic carbocycles. The van der Waals surface area contributed by atoms with Crippen LogP contribution < -0.4 is 5.32 Å². The van der Waals surface area contributed by atoms with Crippen LogP contribution in [0.15, 0.2) is 21.5 Å². The largest absolute Gasteiger partial charge is 0.353 e. The summed E-state index contributed by atoms with van der Waals surface area (Å²) in [5.74, 6) is 0.310. The molecule has 0 atom stereocenters. The molecule has 1 aromatic carbocycles. The first-order chi connectivity index (χ1) is 9.47. The highest BCUT2D eigenvalue weighted by molar-refractivity contribution is 9.10. The van der Waals surface area contributed by atoms with Gasteiger partial charge in [-0.05, 0) is 37.1 Å². The summed E-state index contributed by atoms with van der Waals surface area (Å²) in [6.45, 7) is 5.39. The van der Waals surface area contributed by atoms with Crippen molar-refractivity contribution in [3.05, 3.63) is 27.7 Å². The maximum Gasteiger partial charge on any atom is 0.239 e. The number of nitrogens with zero attached hydrogens (tertiary/aromatic N) is 1. The van der Waals surface area contributed by atoms with Gasteiger partial charge < -0.3 is 10.2 Å². The van der Waals surface area contributed by atoms with Gasteiger partial charge in [0.2, 0.25) is 11.8 Å². The van der Waals surface area contributed by atoms with Crippen molar-refractivity contribution in [2.45, 2.75) is 18.7 Å². The zero-order valence-electron chi connectivity index (χ0n) is 11.5. The molecule has 20 heavy (non-hydrogen) atoms. The maximum absolute atomic E-state index is 12.1. The molecular formula is C14H17BrN2O2S. The summed E-state index contributed by atoms with van der Waals surface area (Å²) >= 11 is 5.03. The number of carbonyl (C=O) groups is 2. The van der Waals surface area contributed by atoms with Crippen LogP contribution in [0.25, 0.3) is 0 Å². The second kappa shape index (κ2) is 6.63. The highest BCUT2D eigenvalue weighted by atomic mass is 79.9. The molecule has 1 aliphatic heterocycles. The lowest BCUT2D eigenvalue weighted by atomic mass is 10.2. The van der Waals surface area contributed by atoms with Crippen molar-refractivity contribution in [3.8, 4) is 0 Å². The Morgan fingerprint density at radius 3 is 2.85 bits per heavy atom. The lowest BCUT2D eigenvalue weighted by Crippen LogP contribution is -2.50. The van der Waals surface area contributed by atoms with Crippen molar-refractivity contribution >= 4 is 39.5 Å². The van der Waals surface area contributed by atoms with E-state index in [0.717, 1.165) is 20.5 Å². The van der Waals surface area contributed by atoms with Crippen LogP contribution in [0.1, 0.15) is 11.1 Å². The number of rotatable bonds is 3. The monoisotopic (exact) mass is 356 g/mol. The average molecular weight is 357 g/mol. The van der Waals surface area contributed by atoms with E-state index in [9.17, 15) is 9.59 Å². The standard InChI is InChI=1S/C14H17BrN2O2S/c1-9-6-12(10(2)5-11(9)15)20-8-14(19)17-4-3-16-13(18)7-17/h5-6H,3-4,7-8H2,1-2H3,(H,16,18). The average Bonchev–Trinajstić information content (AvgIpc) is 2.41. The Hall–Kier alpha value is -1.01. The van der Waals surface area contributed by atoms with Gasteiger partial charge in [0.05, 0.1) is 12.3 Å². The van der Waals surface area contributed by atoms with Crippen molar-refractivity contribution in [3.63, 3.8) is 0 Å². The number of nitrogens with one attached hydrogen (secondary N) is 1. The van der Waals surface area contributed by atoms with Crippen LogP contribution in [0.4, 0.5) is 0 Å². The fourth-order valence-electron chi connectivity index (χ4n) is 1.99. The fraction of sp³-hybridized carbons (Fsp3) is 0.429. The van der Waals surface area contributed by atoms with Crippen molar-refractivity contribution in [2.75, 3.05) is 25.4 Å². The minimum atomic E-state index is -0.0785. The molecule has 0 radical (unpaired) electrons. The quantitative estimate of drug-likeness (QED) is 0.843. The van der Waals surface area contributed by atoms with Crippen molar-refractivity contribution in [1.82, 2.24) is 10.2 Å². The third-order valence-corrected chi connectivity index (χ3v) is 5.19. The van der Waals surface area contributed by atoms with Crippen LogP contribution in [-0.4, -0.2) is 42.1 Å². The summed E-state index contributed by atoms with van der Waals surface area (Å²) < 4.78 is 1.08. The first-order valence-electron chi connectivity index (χ1n) is 6.41. The SMILES string of the molecule is Cc1cc(SCC(=O)N2CCNC(=O)C2)c(C)cc1Br. The van der Waals surface area contributed by atoms with Crippen LogP contribution in [0.2, 0.25) is 0 Å². The molecule has 0 unspecified atom stereocenters. The van der Waals surface area contributed by atoms with E-state index in [1.165, 1.54) is 11.8 Å². The summed E-state index contributed by atoms with van der Waals surface area (Å²) in [6.07, 6.45) is 0. The Morgan fingerprint density at radius 2 is 2.15 bits per heavy atom. The van der Waals surface area contributed by atoms with Crippen LogP contribution >= 0.6 is 27.7 Å². The summed E-state index contributed by atoms with van der Waals surface area (Å²) in [5.41, 5.74) is 2.31. The minimum Gasteiger partial charge on any atom is -0.353 e. The second-order valence-corrected chi connectivity index (χ2v) is 6.69. The number of thioether (sulfide) groups is 1. The van der Waals surface area contributed by atoms with Gasteiger partial charge in [0.1, 0.15) is 0 Å². The summed E-state index contributed by atoms with van der Waals surface area (Å²) in [7, 11) is 0. The number of amides is 2. The Balaban J connectivity index is 1.96. The van der Waals surface area contributed by atoms with E-state index in [4.69, 9.17) is 0 Å². The molecule has 1 saturated heterocycles. The molecule has 2 amide bonds. The third kappa shape index (κ3) is 3.76. The van der Waals surface area contributed by atoms with Gasteiger partial charge in [-0.15, -0.1) is 11.8 Å². The van der Waals surface area contributed by atoms with E-state index < -0.39 is 0 Å². The number of halogens is 1. The first-order valence-corrected chi connectivity index (χ1v) is 8.19. The van der Waals surface area contributed by atoms with E-state index in [1.807, 2.05) is 13.8 Å². The van der Waals surface area contributed by atoms with Crippen LogP contribution in [0.3, 0.4) is 0 Å². The van der Waals surface area contributed by atoms with Gasteiger partial charge >= 0.3 is 0 Å². The van der Waals surface area contributed by atoms with Crippen LogP contribution in [0.5, 0.6) is 0 Å². The van der Waals surface area contributed by atoms with Gasteiger partial charge in [0.15, 0.2) is 0 Å². The predicted molar refractivity (Wildman–Crippen MR) is 83.9 cm³/mol. The molecule has 1 aromatic rings. The van der Waals surface area contributed by atoms with Crippen LogP contribution in [0, 0.1) is 13.8 Å². The summed E-state index contributed by atoms with van der Waals surface area (Å²) in [5, 5.41) is 2.72. The normalized spacial score (nSPS) is 15.2. The van der Waals surface area contributed by atoms with E-state index in [0.29, 0.717) is 18.8 Å². The third-order valence-electron chi connectivity index (χ3n) is 3.20. The molecule has 0 bridgehead atoms. The number of hydrogen-bond acceptors (Lipinski definition) is 3. The molecule has 1 N–H and O–H groups in total. The Bertz CT molecular complexity index is 548. The number of hydrogen-bond donors (Lipinski definition) is 1. The number of aryl methyl sites for hydroxylation is 2. The molecule has 0 aromatic heterocycles. The summed E-state index contributed by atoms with van der Waals surface area (Å²) in [4.78, 5) is 26.1. The van der Waals surface area contributed by atoms with E-state index in [2.05, 4.69) is 33.4 Å². The highest BCUT2D eigenvalue weighted by Gasteiger charge is 2.21. The first kappa shape index (κ1) is 15.4. The number of carbonyl (C=O) groups excluding carboxylic acids is 2. The maximum atomic E-state index is 12.1. The number of piperazine rings is 1. The van der Waals surface area contributed by atoms with E-state index in [1.54, 1.807) is 4.90 Å². The van der Waals surface area contributed by atoms with Crippen molar-refractivity contribution < 1.29 is 9.59 Å². The lowest BCUT2D eigenvalue weighted by molar-refractivity contribution is -0.136. The molecule has 2 rings (SSSR count). The zero-order valence-corrected chi connectivity index (χ0v) is 13.9. The minimum absolute atomic E-state index is 0.0184. The van der Waals surface area contributed by atoms with Crippen LogP contribution in [-0.2, 0) is 9.59 Å². The second-order valence-electron chi connectivity index (χ2n) is 4.82. The fourth-order valence-corrected chi connectivity index (χ4v) is 3.46. The smallest absolute Gasteiger partial charge is 0.239 e. The molecule has 4 nitrogen and oxygen atoms in total. The van der Waals surface area contributed by atoms with Gasteiger partial charge in [-0.2, -0.15) is 0 Å². The zero-order chi connectivity index (χ0) is 14.7. The van der Waals surface area contributed by atoms with Gasteiger partial charge in [-0.3, -0.25) is 9.59 Å². The van der Waals surface area contributed by atoms with Gasteiger partial charge in [0, 0.05) is 22.5 Å². The van der Waals surface area contributed by atoms with Gasteiger partial charge in [-0.1, -0.05) is 15.9 Å². The summed E-state index contributed by atoms with van der Waals surface area (Å²) in [6, 6.07) is 4.15. The number of benzene rings is 1. The predicted octanol–water partition coefficient (Wildman–Crippen LogP) is 2.12. The molecule has 6 heteroatoms. The van der Waals surface area contributed by atoms with Crippen molar-refractivity contribution in [2.24, 2.45) is 0 Å². The topological polar surface area (TPSA) is 49.4 Å². The molecule has 1 aliphatic rings. The van der Waals surface area contributed by atoms with E-state index >= 15 is 0 Å². The molecule has 1 heterocycles. The van der Waals surface area contributed by atoms with Crippen molar-refractivity contribution in [1.29, 1.82) is 0 Å². The molecule has 0 spiro atoms. The van der Waals surface area contributed by atoms with Gasteiger partial charge in [0.25, 0.3) is 0 Å². The Kier molecular flexibility index (Phi) is 5.10.